The molecular weight excluding hydrogens is 374 g/mol. The first kappa shape index (κ1) is 19.9. The number of aromatic nitrogens is 1. The van der Waals surface area contributed by atoms with E-state index in [0.717, 1.165) is 38.8 Å². The topological polar surface area (TPSA) is 37.6 Å². The standard InChI is InChI=1S/C21H25N3OS2/c1-5-15-9-8-12-18-19(15)22-21(27-18)24(14-13-23(2)3)20(25)16-10-6-7-11-17(16)26-4/h6-12H,5,13-14H2,1-4H3/p+1. The normalized spacial score (nSPS) is 11.3. The molecule has 0 unspecified atom stereocenters. The molecule has 27 heavy (non-hydrogen) atoms. The van der Waals surface area contributed by atoms with Crippen molar-refractivity contribution in [2.75, 3.05) is 38.3 Å². The Bertz CT molecular complexity index is 936. The van der Waals surface area contributed by atoms with Crippen LogP contribution in [0.4, 0.5) is 5.13 Å². The zero-order valence-corrected chi connectivity index (χ0v) is 17.9. The molecule has 0 fully saturated rings. The molecule has 1 aromatic heterocycles. The van der Waals surface area contributed by atoms with Crippen LogP contribution in [0.1, 0.15) is 22.8 Å². The van der Waals surface area contributed by atoms with Crippen LogP contribution in [0.2, 0.25) is 0 Å². The van der Waals surface area contributed by atoms with Gasteiger partial charge in [0.25, 0.3) is 5.91 Å². The summed E-state index contributed by atoms with van der Waals surface area (Å²) in [7, 11) is 4.21. The first-order valence-electron chi connectivity index (χ1n) is 9.17. The van der Waals surface area contributed by atoms with Crippen LogP contribution in [0, 0.1) is 0 Å². The molecule has 2 aromatic carbocycles. The number of amides is 1. The summed E-state index contributed by atoms with van der Waals surface area (Å²) in [6.45, 7) is 3.65. The Morgan fingerprint density at radius 2 is 1.96 bits per heavy atom. The van der Waals surface area contributed by atoms with E-state index in [-0.39, 0.29) is 5.91 Å². The number of carbonyl (C=O) groups excluding carboxylic acids is 1. The molecule has 0 aliphatic heterocycles. The van der Waals surface area contributed by atoms with E-state index in [1.54, 1.807) is 23.1 Å². The molecular formula is C21H26N3OS2+. The van der Waals surface area contributed by atoms with Crippen molar-refractivity contribution < 1.29 is 9.69 Å². The number of rotatable bonds is 7. The molecule has 6 heteroatoms. The average Bonchev–Trinajstić information content (AvgIpc) is 3.11. The number of thiazole rings is 1. The molecule has 1 N–H and O–H groups in total. The quantitative estimate of drug-likeness (QED) is 0.618. The monoisotopic (exact) mass is 400 g/mol. The van der Waals surface area contributed by atoms with Crippen LogP contribution in [0.15, 0.2) is 47.4 Å². The van der Waals surface area contributed by atoms with E-state index in [1.807, 2.05) is 35.4 Å². The molecule has 1 amide bonds. The molecule has 0 aliphatic rings. The average molecular weight is 401 g/mol. The van der Waals surface area contributed by atoms with Gasteiger partial charge in [-0.05, 0) is 36.4 Å². The molecule has 0 bridgehead atoms. The fourth-order valence-corrected chi connectivity index (χ4v) is 4.61. The van der Waals surface area contributed by atoms with E-state index in [2.05, 4.69) is 39.2 Å². The van der Waals surface area contributed by atoms with Crippen molar-refractivity contribution in [3.8, 4) is 0 Å². The summed E-state index contributed by atoms with van der Waals surface area (Å²) in [6, 6.07) is 14.1. The highest BCUT2D eigenvalue weighted by atomic mass is 32.2. The summed E-state index contributed by atoms with van der Waals surface area (Å²) < 4.78 is 1.14. The Balaban J connectivity index is 2.04. The van der Waals surface area contributed by atoms with Crippen LogP contribution >= 0.6 is 23.1 Å². The number of anilines is 1. The molecule has 0 aliphatic carbocycles. The van der Waals surface area contributed by atoms with Gasteiger partial charge < -0.3 is 4.90 Å². The summed E-state index contributed by atoms with van der Waals surface area (Å²) in [6.07, 6.45) is 2.94. The molecule has 4 nitrogen and oxygen atoms in total. The van der Waals surface area contributed by atoms with Crippen LogP contribution in [0.5, 0.6) is 0 Å². The summed E-state index contributed by atoms with van der Waals surface area (Å²) in [5.74, 6) is 0.0262. The molecule has 0 saturated carbocycles. The highest BCUT2D eigenvalue weighted by Crippen LogP contribution is 2.32. The number of hydrogen-bond acceptors (Lipinski definition) is 4. The van der Waals surface area contributed by atoms with Crippen LogP contribution in [-0.2, 0) is 6.42 Å². The summed E-state index contributed by atoms with van der Waals surface area (Å²) in [5.41, 5.74) is 2.99. The van der Waals surface area contributed by atoms with Crippen molar-refractivity contribution in [3.63, 3.8) is 0 Å². The molecule has 0 spiro atoms. The Labute approximate surface area is 169 Å². The number of thioether (sulfide) groups is 1. The molecule has 0 radical (unpaired) electrons. The second kappa shape index (κ2) is 8.87. The number of fused-ring (bicyclic) bond motifs is 1. The van der Waals surface area contributed by atoms with Crippen molar-refractivity contribution in [3.05, 3.63) is 53.6 Å². The van der Waals surface area contributed by atoms with E-state index < -0.39 is 0 Å². The van der Waals surface area contributed by atoms with Gasteiger partial charge in [0.15, 0.2) is 5.13 Å². The van der Waals surface area contributed by atoms with E-state index in [9.17, 15) is 4.79 Å². The zero-order valence-electron chi connectivity index (χ0n) is 16.3. The van der Waals surface area contributed by atoms with Crippen LogP contribution in [0.3, 0.4) is 0 Å². The van der Waals surface area contributed by atoms with Crippen LogP contribution in [0.25, 0.3) is 10.2 Å². The Morgan fingerprint density at radius 1 is 1.19 bits per heavy atom. The Hall–Kier alpha value is -1.89. The van der Waals surface area contributed by atoms with Crippen molar-refractivity contribution in [2.45, 2.75) is 18.2 Å². The first-order chi connectivity index (χ1) is 13.0. The minimum atomic E-state index is 0.0262. The number of benzene rings is 2. The molecule has 1 heterocycles. The number of nitrogens with zero attached hydrogens (tertiary/aromatic N) is 2. The maximum atomic E-state index is 13.4. The molecule has 0 saturated heterocycles. The molecule has 3 aromatic rings. The predicted molar refractivity (Wildman–Crippen MR) is 117 cm³/mol. The zero-order chi connectivity index (χ0) is 19.4. The number of likely N-dealkylation sites (N-methyl/N-ethyl adjacent to an activating group) is 1. The third-order valence-corrected chi connectivity index (χ3v) is 6.36. The highest BCUT2D eigenvalue weighted by Gasteiger charge is 2.24. The molecule has 0 atom stereocenters. The van der Waals surface area contributed by atoms with Gasteiger partial charge in [-0.25, -0.2) is 4.98 Å². The second-order valence-electron chi connectivity index (χ2n) is 6.73. The Morgan fingerprint density at radius 3 is 2.67 bits per heavy atom. The second-order valence-corrected chi connectivity index (χ2v) is 8.59. The van der Waals surface area contributed by atoms with Crippen molar-refractivity contribution in [2.24, 2.45) is 0 Å². The van der Waals surface area contributed by atoms with Crippen molar-refractivity contribution >= 4 is 44.4 Å². The summed E-state index contributed by atoms with van der Waals surface area (Å²) >= 11 is 3.20. The van der Waals surface area contributed by atoms with Gasteiger partial charge >= 0.3 is 0 Å². The lowest BCUT2D eigenvalue weighted by molar-refractivity contribution is -0.856. The minimum absolute atomic E-state index is 0.0262. The number of quaternary nitrogens is 1. The maximum absolute atomic E-state index is 13.4. The first-order valence-corrected chi connectivity index (χ1v) is 11.2. The number of para-hydroxylation sites is 1. The molecule has 3 rings (SSSR count). The van der Waals surface area contributed by atoms with Crippen molar-refractivity contribution in [1.82, 2.24) is 4.98 Å². The van der Waals surface area contributed by atoms with E-state index in [1.165, 1.54) is 10.5 Å². The van der Waals surface area contributed by atoms with Gasteiger partial charge in [0.2, 0.25) is 0 Å². The van der Waals surface area contributed by atoms with Crippen molar-refractivity contribution in [1.29, 1.82) is 0 Å². The van der Waals surface area contributed by atoms with Gasteiger partial charge in [0.1, 0.15) is 0 Å². The smallest absolute Gasteiger partial charge is 0.261 e. The van der Waals surface area contributed by atoms with E-state index in [0.29, 0.717) is 6.54 Å². The number of hydrogen-bond donors (Lipinski definition) is 1. The van der Waals surface area contributed by atoms with Gasteiger partial charge in [-0.15, -0.1) is 11.8 Å². The predicted octanol–water partition coefficient (Wildman–Crippen LogP) is 3.37. The minimum Gasteiger partial charge on any atom is -0.338 e. The number of nitrogens with one attached hydrogen (secondary N) is 1. The lowest BCUT2D eigenvalue weighted by Crippen LogP contribution is -3.06. The fourth-order valence-electron chi connectivity index (χ4n) is 2.98. The third kappa shape index (κ3) is 4.34. The third-order valence-electron chi connectivity index (χ3n) is 4.52. The highest BCUT2D eigenvalue weighted by molar-refractivity contribution is 7.98. The van der Waals surface area contributed by atoms with Gasteiger partial charge in [-0.2, -0.15) is 0 Å². The van der Waals surface area contributed by atoms with Crippen LogP contribution in [-0.4, -0.2) is 44.3 Å². The van der Waals surface area contributed by atoms with E-state index in [4.69, 9.17) is 4.98 Å². The van der Waals surface area contributed by atoms with Gasteiger partial charge in [0, 0.05) is 4.90 Å². The SMILES string of the molecule is CCc1cccc2sc(N(CC[NH+](C)C)C(=O)c3ccccc3SC)nc12. The lowest BCUT2D eigenvalue weighted by atomic mass is 10.1. The van der Waals surface area contributed by atoms with E-state index >= 15 is 0 Å². The van der Waals surface area contributed by atoms with Gasteiger partial charge in [-0.3, -0.25) is 9.69 Å². The molecule has 142 valence electrons. The van der Waals surface area contributed by atoms with Gasteiger partial charge in [0.05, 0.1) is 43.0 Å². The maximum Gasteiger partial charge on any atom is 0.261 e. The largest absolute Gasteiger partial charge is 0.338 e. The lowest BCUT2D eigenvalue weighted by Gasteiger charge is -2.21. The van der Waals surface area contributed by atoms with Crippen LogP contribution < -0.4 is 9.80 Å². The fraction of sp³-hybridized carbons (Fsp3) is 0.333. The summed E-state index contributed by atoms with van der Waals surface area (Å²) in [5, 5.41) is 0.785. The number of aryl methyl sites for hydroxylation is 1. The summed E-state index contributed by atoms with van der Waals surface area (Å²) in [4.78, 5) is 22.5. The number of carbonyl (C=O) groups is 1. The van der Waals surface area contributed by atoms with Gasteiger partial charge in [-0.1, -0.05) is 42.5 Å². The Kier molecular flexibility index (Phi) is 6.52.